The van der Waals surface area contributed by atoms with Crippen molar-refractivity contribution in [2.45, 2.75) is 32.0 Å². The van der Waals surface area contributed by atoms with Gasteiger partial charge in [-0.3, -0.25) is 0 Å². The first-order valence-electron chi connectivity index (χ1n) is 12.3. The van der Waals surface area contributed by atoms with Crippen LogP contribution in [0.4, 0.5) is 9.18 Å². The molecule has 1 aliphatic heterocycles. The van der Waals surface area contributed by atoms with Crippen molar-refractivity contribution in [2.24, 2.45) is 5.16 Å². The molecule has 1 aliphatic rings. The number of carboxylic acid groups (broad SMARTS) is 1. The zero-order valence-electron chi connectivity index (χ0n) is 20.6. The summed E-state index contributed by atoms with van der Waals surface area (Å²) in [5.41, 5.74) is 3.26. The molecule has 37 heavy (non-hydrogen) atoms. The topological polar surface area (TPSA) is 80.6 Å². The number of hydrogen-bond acceptors (Lipinski definition) is 5. The average molecular weight is 507 g/mol. The number of amides is 1. The summed E-state index contributed by atoms with van der Waals surface area (Å²) >= 11 is 0. The lowest BCUT2D eigenvalue weighted by atomic mass is 9.88. The summed E-state index contributed by atoms with van der Waals surface area (Å²) in [5.74, 6) is 0.440. The lowest BCUT2D eigenvalue weighted by molar-refractivity contribution is 0.105. The van der Waals surface area contributed by atoms with Crippen molar-refractivity contribution in [3.63, 3.8) is 0 Å². The number of ether oxygens (including phenoxy) is 2. The lowest BCUT2D eigenvalue weighted by Gasteiger charge is -2.31. The van der Waals surface area contributed by atoms with Crippen LogP contribution in [-0.4, -0.2) is 48.1 Å². The van der Waals surface area contributed by atoms with Crippen LogP contribution in [-0.2, 0) is 22.8 Å². The standard InChI is InChI=1S/C29H31FN2O5/c30-27-10-5-4-9-24(27)21-35-17-6-18-36-25-13-11-23(12-14-25)26-15-16-32(29(33)34)19-28(26)31-37-20-22-7-2-1-3-8-22/h1-5,7-14,26H,6,15-21H2,(H,33,34). The van der Waals surface area contributed by atoms with Crippen LogP contribution in [0.3, 0.4) is 0 Å². The Balaban J connectivity index is 1.27. The first kappa shape index (κ1) is 26.2. The molecule has 0 aromatic heterocycles. The summed E-state index contributed by atoms with van der Waals surface area (Å²) in [5, 5.41) is 13.8. The average Bonchev–Trinajstić information content (AvgIpc) is 2.92. The molecule has 8 heteroatoms. The van der Waals surface area contributed by atoms with Gasteiger partial charge in [-0.05, 0) is 35.7 Å². The Bertz CT molecular complexity index is 1170. The number of rotatable bonds is 11. The fourth-order valence-electron chi connectivity index (χ4n) is 4.16. The van der Waals surface area contributed by atoms with E-state index in [2.05, 4.69) is 5.16 Å². The third kappa shape index (κ3) is 7.79. The van der Waals surface area contributed by atoms with E-state index >= 15 is 0 Å². The van der Waals surface area contributed by atoms with Gasteiger partial charge in [0.1, 0.15) is 18.2 Å². The van der Waals surface area contributed by atoms with E-state index < -0.39 is 6.09 Å². The molecule has 1 saturated heterocycles. The molecule has 3 aromatic rings. The molecule has 0 spiro atoms. The molecular formula is C29H31FN2O5. The Morgan fingerprint density at radius 3 is 2.49 bits per heavy atom. The number of piperidine rings is 1. The summed E-state index contributed by atoms with van der Waals surface area (Å²) in [6.07, 6.45) is 0.342. The van der Waals surface area contributed by atoms with Gasteiger partial charge in [-0.1, -0.05) is 65.8 Å². The minimum atomic E-state index is -0.962. The molecule has 0 radical (unpaired) electrons. The molecule has 1 unspecified atom stereocenters. The Kier molecular flexibility index (Phi) is 9.48. The molecule has 3 aromatic carbocycles. The molecule has 1 N–H and O–H groups in total. The molecule has 1 heterocycles. The number of hydrogen-bond donors (Lipinski definition) is 1. The largest absolute Gasteiger partial charge is 0.494 e. The smallest absolute Gasteiger partial charge is 0.407 e. The SMILES string of the molecule is O=C(O)N1CCC(c2ccc(OCCCOCc3ccccc3F)cc2)C(=NOCc2ccccc2)C1. The highest BCUT2D eigenvalue weighted by atomic mass is 19.1. The van der Waals surface area contributed by atoms with Crippen LogP contribution in [0.2, 0.25) is 0 Å². The van der Waals surface area contributed by atoms with Gasteiger partial charge in [0.05, 0.1) is 32.1 Å². The van der Waals surface area contributed by atoms with Gasteiger partial charge in [0, 0.05) is 24.4 Å². The molecule has 194 valence electrons. The number of nitrogens with zero attached hydrogens (tertiary/aromatic N) is 2. The Labute approximate surface area is 216 Å². The van der Waals surface area contributed by atoms with Crippen molar-refractivity contribution >= 4 is 11.8 Å². The predicted octanol–water partition coefficient (Wildman–Crippen LogP) is 5.85. The number of oxime groups is 1. The Hall–Kier alpha value is -3.91. The number of likely N-dealkylation sites (tertiary alicyclic amines) is 1. The molecule has 1 atom stereocenters. The zero-order chi connectivity index (χ0) is 25.9. The van der Waals surface area contributed by atoms with E-state index in [1.165, 1.54) is 11.0 Å². The first-order chi connectivity index (χ1) is 18.1. The minimum absolute atomic E-state index is 0.0350. The van der Waals surface area contributed by atoms with E-state index in [9.17, 15) is 14.3 Å². The molecule has 7 nitrogen and oxygen atoms in total. The van der Waals surface area contributed by atoms with Gasteiger partial charge in [-0.2, -0.15) is 0 Å². The van der Waals surface area contributed by atoms with Crippen LogP contribution < -0.4 is 4.74 Å². The quantitative estimate of drug-likeness (QED) is 0.261. The fraction of sp³-hybridized carbons (Fsp3) is 0.310. The highest BCUT2D eigenvalue weighted by Crippen LogP contribution is 2.28. The highest BCUT2D eigenvalue weighted by molar-refractivity contribution is 5.94. The van der Waals surface area contributed by atoms with E-state index in [1.807, 2.05) is 54.6 Å². The minimum Gasteiger partial charge on any atom is -0.494 e. The zero-order valence-corrected chi connectivity index (χ0v) is 20.6. The van der Waals surface area contributed by atoms with Crippen LogP contribution in [0.1, 0.15) is 35.4 Å². The van der Waals surface area contributed by atoms with Gasteiger partial charge in [0.2, 0.25) is 0 Å². The van der Waals surface area contributed by atoms with Crippen LogP contribution >= 0.6 is 0 Å². The third-order valence-corrected chi connectivity index (χ3v) is 6.17. The van der Waals surface area contributed by atoms with Gasteiger partial charge in [0.15, 0.2) is 0 Å². The van der Waals surface area contributed by atoms with Gasteiger partial charge >= 0.3 is 6.09 Å². The molecular weight excluding hydrogens is 475 g/mol. The summed E-state index contributed by atoms with van der Waals surface area (Å²) in [6, 6.07) is 24.1. The summed E-state index contributed by atoms with van der Waals surface area (Å²) in [7, 11) is 0. The molecule has 4 rings (SSSR count). The summed E-state index contributed by atoms with van der Waals surface area (Å²) in [6.45, 7) is 2.15. The highest BCUT2D eigenvalue weighted by Gasteiger charge is 2.29. The number of carbonyl (C=O) groups is 1. The van der Waals surface area contributed by atoms with Crippen LogP contribution in [0.25, 0.3) is 0 Å². The first-order valence-corrected chi connectivity index (χ1v) is 12.3. The van der Waals surface area contributed by atoms with E-state index in [0.29, 0.717) is 50.5 Å². The fourth-order valence-corrected chi connectivity index (χ4v) is 4.16. The van der Waals surface area contributed by atoms with Crippen molar-refractivity contribution in [3.05, 3.63) is 101 Å². The van der Waals surface area contributed by atoms with Gasteiger partial charge in [-0.25, -0.2) is 9.18 Å². The molecule has 0 saturated carbocycles. The summed E-state index contributed by atoms with van der Waals surface area (Å²) < 4.78 is 25.0. The second kappa shape index (κ2) is 13.4. The predicted molar refractivity (Wildman–Crippen MR) is 138 cm³/mol. The van der Waals surface area contributed by atoms with E-state index in [4.69, 9.17) is 14.3 Å². The van der Waals surface area contributed by atoms with Crippen molar-refractivity contribution < 1.29 is 28.6 Å². The molecule has 1 amide bonds. The number of benzene rings is 3. The Morgan fingerprint density at radius 2 is 1.73 bits per heavy atom. The normalized spacial score (nSPS) is 16.5. The van der Waals surface area contributed by atoms with Gasteiger partial charge in [0.25, 0.3) is 0 Å². The van der Waals surface area contributed by atoms with Crippen molar-refractivity contribution in [1.29, 1.82) is 0 Å². The molecule has 0 bridgehead atoms. The van der Waals surface area contributed by atoms with Gasteiger partial charge in [-0.15, -0.1) is 0 Å². The van der Waals surface area contributed by atoms with E-state index in [1.54, 1.807) is 18.2 Å². The van der Waals surface area contributed by atoms with Crippen LogP contribution in [0.15, 0.2) is 84.0 Å². The van der Waals surface area contributed by atoms with Crippen LogP contribution in [0, 0.1) is 5.82 Å². The van der Waals surface area contributed by atoms with E-state index in [-0.39, 0.29) is 24.9 Å². The van der Waals surface area contributed by atoms with Crippen molar-refractivity contribution in [3.8, 4) is 5.75 Å². The summed E-state index contributed by atoms with van der Waals surface area (Å²) in [4.78, 5) is 18.5. The maximum absolute atomic E-state index is 13.6. The Morgan fingerprint density at radius 1 is 0.973 bits per heavy atom. The van der Waals surface area contributed by atoms with Gasteiger partial charge < -0.3 is 24.3 Å². The monoisotopic (exact) mass is 506 g/mol. The van der Waals surface area contributed by atoms with Crippen LogP contribution in [0.5, 0.6) is 5.75 Å². The molecule has 1 fully saturated rings. The lowest BCUT2D eigenvalue weighted by Crippen LogP contribution is -2.42. The second-order valence-corrected chi connectivity index (χ2v) is 8.80. The molecule has 0 aliphatic carbocycles. The van der Waals surface area contributed by atoms with E-state index in [0.717, 1.165) is 16.9 Å². The van der Waals surface area contributed by atoms with Crippen molar-refractivity contribution in [2.75, 3.05) is 26.3 Å². The third-order valence-electron chi connectivity index (χ3n) is 6.17. The van der Waals surface area contributed by atoms with Crippen molar-refractivity contribution in [1.82, 2.24) is 4.90 Å². The second-order valence-electron chi connectivity index (χ2n) is 8.80. The maximum atomic E-state index is 13.6. The maximum Gasteiger partial charge on any atom is 0.407 e. The number of halogens is 1.